The first-order chi connectivity index (χ1) is 6.24. The van der Waals surface area contributed by atoms with Crippen LogP contribution in [0.15, 0.2) is 20.1 Å². The monoisotopic (exact) mass is 273 g/mol. The predicted octanol–water partition coefficient (Wildman–Crippen LogP) is 4.05. The molecule has 4 heteroatoms. The predicted molar refractivity (Wildman–Crippen MR) is 60.1 cm³/mol. The molecule has 1 aliphatic carbocycles. The fraction of sp³-hybridized carbons (Fsp3) is 0.444. The van der Waals surface area contributed by atoms with E-state index in [2.05, 4.69) is 28.1 Å². The van der Waals surface area contributed by atoms with Gasteiger partial charge < -0.3 is 0 Å². The Morgan fingerprint density at radius 2 is 2.31 bits per heavy atom. The average molecular weight is 274 g/mol. The van der Waals surface area contributed by atoms with Gasteiger partial charge in [0.15, 0.2) is 0 Å². The molecule has 0 unspecified atom stereocenters. The molecule has 1 aliphatic rings. The SMILES string of the molecule is N#CC1(Sc2ccc(Br)s2)CCC1. The summed E-state index contributed by atoms with van der Waals surface area (Å²) in [4.78, 5) is 0. The Bertz CT molecular complexity index is 349. The number of thiophene rings is 1. The van der Waals surface area contributed by atoms with E-state index >= 15 is 0 Å². The smallest absolute Gasteiger partial charge is 0.108 e. The molecule has 0 atom stereocenters. The lowest BCUT2D eigenvalue weighted by atomic mass is 9.86. The lowest BCUT2D eigenvalue weighted by Crippen LogP contribution is -2.30. The van der Waals surface area contributed by atoms with Crippen LogP contribution in [0.2, 0.25) is 0 Å². The van der Waals surface area contributed by atoms with E-state index in [1.807, 2.05) is 6.07 Å². The van der Waals surface area contributed by atoms with E-state index in [4.69, 9.17) is 5.26 Å². The average Bonchev–Trinajstić information content (AvgIpc) is 2.44. The van der Waals surface area contributed by atoms with Crippen molar-refractivity contribution in [2.45, 2.75) is 28.2 Å². The van der Waals surface area contributed by atoms with Gasteiger partial charge >= 0.3 is 0 Å². The summed E-state index contributed by atoms with van der Waals surface area (Å²) in [7, 11) is 0. The lowest BCUT2D eigenvalue weighted by Gasteiger charge is -2.33. The summed E-state index contributed by atoms with van der Waals surface area (Å²) in [5.74, 6) is 0. The quantitative estimate of drug-likeness (QED) is 0.812. The van der Waals surface area contributed by atoms with Crippen LogP contribution < -0.4 is 0 Å². The standard InChI is InChI=1S/C9H8BrNS2/c10-7-2-3-8(12-7)13-9(6-11)4-1-5-9/h2-3H,1,4-5H2. The van der Waals surface area contributed by atoms with Crippen LogP contribution in [0.25, 0.3) is 0 Å². The number of hydrogen-bond donors (Lipinski definition) is 0. The molecule has 2 rings (SSSR count). The van der Waals surface area contributed by atoms with Crippen LogP contribution in [0, 0.1) is 11.3 Å². The summed E-state index contributed by atoms with van der Waals surface area (Å²) in [6.45, 7) is 0. The second kappa shape index (κ2) is 3.64. The van der Waals surface area contributed by atoms with Crippen molar-refractivity contribution < 1.29 is 0 Å². The first kappa shape index (κ1) is 9.57. The molecule has 1 nitrogen and oxygen atoms in total. The summed E-state index contributed by atoms with van der Waals surface area (Å²) < 4.78 is 2.28. The van der Waals surface area contributed by atoms with Gasteiger partial charge in [-0.15, -0.1) is 11.3 Å². The topological polar surface area (TPSA) is 23.8 Å². The summed E-state index contributed by atoms with van der Waals surface area (Å²) in [5.41, 5.74) is 0. The van der Waals surface area contributed by atoms with Gasteiger partial charge in [-0.25, -0.2) is 0 Å². The normalized spacial score (nSPS) is 19.1. The molecule has 1 aromatic rings. The van der Waals surface area contributed by atoms with E-state index < -0.39 is 0 Å². The Hall–Kier alpha value is 0.0200. The first-order valence-electron chi connectivity index (χ1n) is 4.10. The van der Waals surface area contributed by atoms with Gasteiger partial charge in [-0.3, -0.25) is 0 Å². The number of rotatable bonds is 2. The Kier molecular flexibility index (Phi) is 2.68. The van der Waals surface area contributed by atoms with Crippen molar-refractivity contribution >= 4 is 39.0 Å². The molecule has 0 saturated heterocycles. The van der Waals surface area contributed by atoms with Gasteiger partial charge in [0.25, 0.3) is 0 Å². The van der Waals surface area contributed by atoms with Crippen LogP contribution in [0.5, 0.6) is 0 Å². The molecule has 0 N–H and O–H groups in total. The number of halogens is 1. The maximum absolute atomic E-state index is 9.03. The van der Waals surface area contributed by atoms with Gasteiger partial charge in [0.2, 0.25) is 0 Å². The number of thioether (sulfide) groups is 1. The Morgan fingerprint density at radius 3 is 2.69 bits per heavy atom. The second-order valence-corrected chi connectivity index (χ2v) is 7.27. The van der Waals surface area contributed by atoms with Crippen molar-refractivity contribution in [2.75, 3.05) is 0 Å². The van der Waals surface area contributed by atoms with E-state index in [0.29, 0.717) is 0 Å². The molecule has 1 heterocycles. The fourth-order valence-corrected chi connectivity index (χ4v) is 4.70. The van der Waals surface area contributed by atoms with Crippen molar-refractivity contribution in [3.05, 3.63) is 15.9 Å². The summed E-state index contributed by atoms with van der Waals surface area (Å²) in [5, 5.41) is 9.03. The maximum Gasteiger partial charge on any atom is 0.108 e. The third-order valence-corrected chi connectivity index (χ3v) is 5.36. The van der Waals surface area contributed by atoms with Gasteiger partial charge in [0.1, 0.15) is 4.75 Å². The van der Waals surface area contributed by atoms with E-state index in [-0.39, 0.29) is 4.75 Å². The van der Waals surface area contributed by atoms with Crippen LogP contribution in [0.3, 0.4) is 0 Å². The highest BCUT2D eigenvalue weighted by atomic mass is 79.9. The summed E-state index contributed by atoms with van der Waals surface area (Å²) in [6, 6.07) is 6.55. The molecular formula is C9H8BrNS2. The molecular weight excluding hydrogens is 266 g/mol. The highest BCUT2D eigenvalue weighted by molar-refractivity contribution is 9.11. The molecule has 1 fully saturated rings. The molecule has 68 valence electrons. The molecule has 0 amide bonds. The summed E-state index contributed by atoms with van der Waals surface area (Å²) >= 11 is 6.86. The Balaban J connectivity index is 2.09. The van der Waals surface area contributed by atoms with Crippen molar-refractivity contribution in [3.63, 3.8) is 0 Å². The number of nitriles is 1. The Morgan fingerprint density at radius 1 is 1.54 bits per heavy atom. The zero-order chi connectivity index (χ0) is 9.31. The van der Waals surface area contributed by atoms with Gasteiger partial charge in [0, 0.05) is 0 Å². The minimum absolute atomic E-state index is 0.107. The van der Waals surface area contributed by atoms with Crippen LogP contribution in [0.1, 0.15) is 19.3 Å². The van der Waals surface area contributed by atoms with E-state index in [1.54, 1.807) is 23.1 Å². The molecule has 0 aliphatic heterocycles. The zero-order valence-corrected chi connectivity index (χ0v) is 10.1. The third-order valence-electron chi connectivity index (χ3n) is 2.21. The van der Waals surface area contributed by atoms with E-state index in [9.17, 15) is 0 Å². The number of hydrogen-bond acceptors (Lipinski definition) is 3. The third kappa shape index (κ3) is 1.93. The lowest BCUT2D eigenvalue weighted by molar-refractivity contribution is 0.440. The minimum Gasteiger partial charge on any atom is -0.197 e. The number of nitrogens with zero attached hydrogens (tertiary/aromatic N) is 1. The van der Waals surface area contributed by atoms with E-state index in [0.717, 1.165) is 16.6 Å². The minimum atomic E-state index is -0.107. The van der Waals surface area contributed by atoms with E-state index in [1.165, 1.54) is 10.6 Å². The second-order valence-electron chi connectivity index (χ2n) is 3.12. The van der Waals surface area contributed by atoms with Gasteiger partial charge in [-0.05, 0) is 47.3 Å². The maximum atomic E-state index is 9.03. The first-order valence-corrected chi connectivity index (χ1v) is 6.52. The van der Waals surface area contributed by atoms with Gasteiger partial charge in [-0.1, -0.05) is 11.8 Å². The van der Waals surface area contributed by atoms with Crippen LogP contribution in [-0.4, -0.2) is 4.75 Å². The molecule has 0 spiro atoms. The van der Waals surface area contributed by atoms with Gasteiger partial charge in [-0.2, -0.15) is 5.26 Å². The van der Waals surface area contributed by atoms with Crippen molar-refractivity contribution in [1.82, 2.24) is 0 Å². The van der Waals surface area contributed by atoms with Crippen LogP contribution in [-0.2, 0) is 0 Å². The molecule has 0 aromatic carbocycles. The van der Waals surface area contributed by atoms with Crippen LogP contribution >= 0.6 is 39.0 Å². The highest BCUT2D eigenvalue weighted by Gasteiger charge is 2.38. The zero-order valence-electron chi connectivity index (χ0n) is 6.92. The molecule has 1 saturated carbocycles. The van der Waals surface area contributed by atoms with Crippen molar-refractivity contribution in [3.8, 4) is 6.07 Å². The molecule has 13 heavy (non-hydrogen) atoms. The van der Waals surface area contributed by atoms with Crippen molar-refractivity contribution in [2.24, 2.45) is 0 Å². The summed E-state index contributed by atoms with van der Waals surface area (Å²) in [6.07, 6.45) is 3.29. The van der Waals surface area contributed by atoms with Crippen molar-refractivity contribution in [1.29, 1.82) is 5.26 Å². The van der Waals surface area contributed by atoms with Gasteiger partial charge in [0.05, 0.1) is 14.1 Å². The molecule has 1 aromatic heterocycles. The fourth-order valence-electron chi connectivity index (χ4n) is 1.28. The largest absolute Gasteiger partial charge is 0.197 e. The molecule has 0 radical (unpaired) electrons. The molecule has 0 bridgehead atoms. The van der Waals surface area contributed by atoms with Crippen LogP contribution in [0.4, 0.5) is 0 Å². The Labute approximate surface area is 94.3 Å². The highest BCUT2D eigenvalue weighted by Crippen LogP contribution is 2.49.